The molecule has 0 saturated heterocycles. The Morgan fingerprint density at radius 3 is 2.63 bits per heavy atom. The number of hydrogen-bond acceptors (Lipinski definition) is 3. The number of alkyl carbamates (subject to hydrolysis) is 1. The Balaban J connectivity index is 2.84. The molecular formula is C14H20BrNO3. The van der Waals surface area contributed by atoms with Crippen molar-refractivity contribution >= 4 is 22.0 Å². The van der Waals surface area contributed by atoms with Crippen LogP contribution in [0.4, 0.5) is 4.79 Å². The zero-order valence-corrected chi connectivity index (χ0v) is 13.2. The summed E-state index contributed by atoms with van der Waals surface area (Å²) in [6.07, 6.45) is -0.536. The molecule has 0 radical (unpaired) electrons. The van der Waals surface area contributed by atoms with Crippen molar-refractivity contribution < 1.29 is 14.6 Å². The van der Waals surface area contributed by atoms with Crippen LogP contribution in [-0.4, -0.2) is 23.4 Å². The molecule has 0 aliphatic heterocycles. The average Bonchev–Trinajstić information content (AvgIpc) is 2.27. The molecule has 19 heavy (non-hydrogen) atoms. The van der Waals surface area contributed by atoms with Crippen LogP contribution in [0.2, 0.25) is 0 Å². The highest BCUT2D eigenvalue weighted by Gasteiger charge is 2.21. The third-order valence-electron chi connectivity index (χ3n) is 2.56. The zero-order valence-electron chi connectivity index (χ0n) is 11.7. The van der Waals surface area contributed by atoms with Gasteiger partial charge in [0, 0.05) is 4.47 Å². The molecule has 1 amide bonds. The van der Waals surface area contributed by atoms with Crippen molar-refractivity contribution in [2.75, 3.05) is 6.61 Å². The van der Waals surface area contributed by atoms with Gasteiger partial charge in [-0.1, -0.05) is 28.1 Å². The predicted molar refractivity (Wildman–Crippen MR) is 78.1 cm³/mol. The van der Waals surface area contributed by atoms with Crippen LogP contribution in [-0.2, 0) is 4.74 Å². The van der Waals surface area contributed by atoms with E-state index in [0.29, 0.717) is 0 Å². The minimum absolute atomic E-state index is 0.184. The molecule has 1 aromatic carbocycles. The van der Waals surface area contributed by atoms with E-state index in [1.165, 1.54) is 0 Å². The topological polar surface area (TPSA) is 58.6 Å². The quantitative estimate of drug-likeness (QED) is 0.894. The van der Waals surface area contributed by atoms with Gasteiger partial charge in [0.05, 0.1) is 12.6 Å². The molecule has 1 rings (SSSR count). The third kappa shape index (κ3) is 4.84. The Morgan fingerprint density at radius 2 is 2.11 bits per heavy atom. The van der Waals surface area contributed by atoms with E-state index in [2.05, 4.69) is 21.2 Å². The van der Waals surface area contributed by atoms with Gasteiger partial charge >= 0.3 is 6.09 Å². The van der Waals surface area contributed by atoms with Crippen LogP contribution in [0.5, 0.6) is 0 Å². The van der Waals surface area contributed by atoms with Crippen LogP contribution < -0.4 is 5.32 Å². The number of halogens is 1. The van der Waals surface area contributed by atoms with Gasteiger partial charge in [-0.15, -0.1) is 0 Å². The Labute approximate surface area is 122 Å². The number of ether oxygens (including phenoxy) is 1. The summed E-state index contributed by atoms with van der Waals surface area (Å²) in [7, 11) is 0. The number of rotatable bonds is 3. The Bertz CT molecular complexity index is 454. The number of hydrogen-bond donors (Lipinski definition) is 2. The van der Waals surface area contributed by atoms with Crippen LogP contribution in [0.3, 0.4) is 0 Å². The molecule has 1 atom stereocenters. The molecule has 0 bridgehead atoms. The monoisotopic (exact) mass is 329 g/mol. The Kier molecular flexibility index (Phi) is 5.38. The van der Waals surface area contributed by atoms with Crippen LogP contribution in [0.25, 0.3) is 0 Å². The number of aliphatic hydroxyl groups is 1. The van der Waals surface area contributed by atoms with Gasteiger partial charge in [0.2, 0.25) is 0 Å². The van der Waals surface area contributed by atoms with Crippen molar-refractivity contribution in [3.05, 3.63) is 33.8 Å². The second-order valence-corrected chi connectivity index (χ2v) is 6.19. The van der Waals surface area contributed by atoms with E-state index < -0.39 is 17.7 Å². The minimum atomic E-state index is -0.559. The summed E-state index contributed by atoms with van der Waals surface area (Å²) in [4.78, 5) is 11.7. The summed E-state index contributed by atoms with van der Waals surface area (Å²) in [6.45, 7) is 7.13. The van der Waals surface area contributed by atoms with Crippen LogP contribution >= 0.6 is 15.9 Å². The first-order chi connectivity index (χ1) is 8.74. The smallest absolute Gasteiger partial charge is 0.408 e. The van der Waals surface area contributed by atoms with Crippen molar-refractivity contribution in [3.63, 3.8) is 0 Å². The first-order valence-corrected chi connectivity index (χ1v) is 6.89. The molecule has 4 nitrogen and oxygen atoms in total. The molecule has 106 valence electrons. The van der Waals surface area contributed by atoms with Gasteiger partial charge in [0.1, 0.15) is 5.60 Å². The Hall–Kier alpha value is -1.07. The van der Waals surface area contributed by atoms with Crippen LogP contribution in [0.1, 0.15) is 37.9 Å². The molecule has 0 spiro atoms. The number of amides is 1. The fourth-order valence-electron chi connectivity index (χ4n) is 1.67. The van der Waals surface area contributed by atoms with Gasteiger partial charge in [0.15, 0.2) is 0 Å². The van der Waals surface area contributed by atoms with Gasteiger partial charge in [-0.25, -0.2) is 4.79 Å². The summed E-state index contributed by atoms with van der Waals surface area (Å²) in [5.41, 5.74) is 1.29. The number of carbonyl (C=O) groups excluding carboxylic acids is 1. The molecule has 0 aliphatic carbocycles. The summed E-state index contributed by atoms with van der Waals surface area (Å²) >= 11 is 3.43. The van der Waals surface area contributed by atoms with Crippen molar-refractivity contribution in [2.45, 2.75) is 39.3 Å². The Morgan fingerprint density at radius 1 is 1.47 bits per heavy atom. The lowest BCUT2D eigenvalue weighted by atomic mass is 10.0. The molecule has 0 unspecified atom stereocenters. The van der Waals surface area contributed by atoms with Crippen molar-refractivity contribution in [3.8, 4) is 0 Å². The van der Waals surface area contributed by atoms with Crippen LogP contribution in [0, 0.1) is 6.92 Å². The zero-order chi connectivity index (χ0) is 14.6. The van der Waals surface area contributed by atoms with E-state index in [1.54, 1.807) is 20.8 Å². The van der Waals surface area contributed by atoms with E-state index in [0.717, 1.165) is 15.6 Å². The first kappa shape index (κ1) is 16.0. The summed E-state index contributed by atoms with van der Waals surface area (Å²) in [5, 5.41) is 12.1. The van der Waals surface area contributed by atoms with Gasteiger partial charge in [-0.05, 0) is 44.9 Å². The molecule has 0 fully saturated rings. The highest BCUT2D eigenvalue weighted by atomic mass is 79.9. The van der Waals surface area contributed by atoms with E-state index in [1.807, 2.05) is 25.1 Å². The number of benzene rings is 1. The fourth-order valence-corrected chi connectivity index (χ4v) is 2.05. The van der Waals surface area contributed by atoms with Crippen molar-refractivity contribution in [2.24, 2.45) is 0 Å². The first-order valence-electron chi connectivity index (χ1n) is 6.10. The lowest BCUT2D eigenvalue weighted by Gasteiger charge is -2.24. The fraction of sp³-hybridized carbons (Fsp3) is 0.500. The van der Waals surface area contributed by atoms with Gasteiger partial charge in [-0.2, -0.15) is 0 Å². The number of aliphatic hydroxyl groups excluding tert-OH is 1. The van der Waals surface area contributed by atoms with Crippen LogP contribution in [0.15, 0.2) is 22.7 Å². The third-order valence-corrected chi connectivity index (χ3v) is 3.42. The molecule has 0 saturated carbocycles. The highest BCUT2D eigenvalue weighted by Crippen LogP contribution is 2.24. The number of nitrogens with one attached hydrogen (secondary N) is 1. The lowest BCUT2D eigenvalue weighted by Crippen LogP contribution is -2.36. The summed E-state index contributed by atoms with van der Waals surface area (Å²) in [6, 6.07) is 5.18. The molecule has 2 N–H and O–H groups in total. The predicted octanol–water partition coefficient (Wildman–Crippen LogP) is 3.32. The minimum Gasteiger partial charge on any atom is -0.444 e. The maximum absolute atomic E-state index is 11.7. The molecule has 0 aliphatic rings. The number of carbonyl (C=O) groups is 1. The van der Waals surface area contributed by atoms with Crippen molar-refractivity contribution in [1.29, 1.82) is 0 Å². The van der Waals surface area contributed by atoms with E-state index in [9.17, 15) is 9.90 Å². The second-order valence-electron chi connectivity index (χ2n) is 5.34. The van der Waals surface area contributed by atoms with Gasteiger partial charge in [0.25, 0.3) is 0 Å². The molecular weight excluding hydrogens is 310 g/mol. The van der Waals surface area contributed by atoms with Gasteiger partial charge < -0.3 is 15.2 Å². The SMILES string of the molecule is Cc1c(Br)cccc1[C@H](CO)NC(=O)OC(C)(C)C. The maximum atomic E-state index is 11.7. The molecule has 5 heteroatoms. The molecule has 0 aromatic heterocycles. The van der Waals surface area contributed by atoms with E-state index in [-0.39, 0.29) is 6.61 Å². The molecule has 1 aromatic rings. The van der Waals surface area contributed by atoms with Crippen molar-refractivity contribution in [1.82, 2.24) is 5.32 Å². The summed E-state index contributed by atoms with van der Waals surface area (Å²) < 4.78 is 6.13. The van der Waals surface area contributed by atoms with E-state index >= 15 is 0 Å². The largest absolute Gasteiger partial charge is 0.444 e. The average molecular weight is 330 g/mol. The van der Waals surface area contributed by atoms with Gasteiger partial charge in [-0.3, -0.25) is 0 Å². The standard InChI is InChI=1S/C14H20BrNO3/c1-9-10(6-5-7-11(9)15)12(8-17)16-13(18)19-14(2,3)4/h5-7,12,17H,8H2,1-4H3,(H,16,18)/t12-/m0/s1. The normalized spacial score (nSPS) is 12.9. The van der Waals surface area contributed by atoms with E-state index in [4.69, 9.17) is 4.74 Å². The lowest BCUT2D eigenvalue weighted by molar-refractivity contribution is 0.0481. The second kappa shape index (κ2) is 6.39. The summed E-state index contributed by atoms with van der Waals surface area (Å²) in [5.74, 6) is 0. The highest BCUT2D eigenvalue weighted by molar-refractivity contribution is 9.10. The maximum Gasteiger partial charge on any atom is 0.408 e. The molecule has 0 heterocycles.